The van der Waals surface area contributed by atoms with Crippen molar-refractivity contribution in [1.82, 2.24) is 4.57 Å². The van der Waals surface area contributed by atoms with Crippen LogP contribution in [0.25, 0.3) is 6.08 Å². The lowest BCUT2D eigenvalue weighted by molar-refractivity contribution is 0.523. The summed E-state index contributed by atoms with van der Waals surface area (Å²) < 4.78 is 6.79. The number of aromatic nitrogens is 1. The van der Waals surface area contributed by atoms with E-state index in [1.807, 2.05) is 30.7 Å². The Kier molecular flexibility index (Phi) is 2.06. The van der Waals surface area contributed by atoms with Crippen molar-refractivity contribution in [1.29, 1.82) is 0 Å². The fourth-order valence-electron chi connectivity index (χ4n) is 0.696. The summed E-state index contributed by atoms with van der Waals surface area (Å²) in [6.07, 6.45) is 5.53. The number of nitrogens with zero attached hydrogens (tertiary/aromatic N) is 1. The maximum absolute atomic E-state index is 4.97. The second-order valence-corrected chi connectivity index (χ2v) is 2.33. The van der Waals surface area contributed by atoms with Gasteiger partial charge in [-0.3, -0.25) is 0 Å². The summed E-state index contributed by atoms with van der Waals surface area (Å²) in [6.45, 7) is 1.95. The van der Waals surface area contributed by atoms with E-state index in [0.29, 0.717) is 4.84 Å². The third-order valence-electron chi connectivity index (χ3n) is 1.28. The number of hydrogen-bond donors (Lipinski definition) is 0. The normalized spacial score (nSPS) is 11.0. The first-order valence-corrected chi connectivity index (χ1v) is 3.43. The van der Waals surface area contributed by atoms with E-state index < -0.39 is 0 Å². The van der Waals surface area contributed by atoms with Crippen molar-refractivity contribution in [2.45, 2.75) is 6.92 Å². The molecule has 0 atom stereocenters. The number of rotatable bonds is 1. The molecule has 10 heavy (non-hydrogen) atoms. The fraction of sp³-hybridized carbons (Fsp3) is 0.286. The Balaban J connectivity index is 3.17. The molecule has 1 heterocycles. The van der Waals surface area contributed by atoms with E-state index in [0.717, 1.165) is 5.69 Å². The van der Waals surface area contributed by atoms with Gasteiger partial charge in [-0.15, -0.1) is 0 Å². The zero-order valence-electron chi connectivity index (χ0n) is 6.00. The first-order chi connectivity index (χ1) is 4.75. The summed E-state index contributed by atoms with van der Waals surface area (Å²) in [4.78, 5) is 0.508. The third-order valence-corrected chi connectivity index (χ3v) is 1.65. The molecule has 0 aromatic carbocycles. The van der Waals surface area contributed by atoms with Gasteiger partial charge in [0, 0.05) is 7.05 Å². The van der Waals surface area contributed by atoms with Gasteiger partial charge in [0.05, 0.1) is 5.69 Å². The zero-order chi connectivity index (χ0) is 7.56. The molecule has 0 amide bonds. The van der Waals surface area contributed by atoms with Crippen molar-refractivity contribution in [2.75, 3.05) is 0 Å². The smallest absolute Gasteiger partial charge is 0.268 e. The molecule has 0 bridgehead atoms. The van der Waals surface area contributed by atoms with Crippen molar-refractivity contribution in [3.8, 4) is 0 Å². The standard InChI is InChI=1S/C7H9NOS/c1-3-4-6-5-9-7(10)8(6)2/h3-5H,1-2H3/b4-3-. The molecule has 0 saturated heterocycles. The Labute approximate surface area is 64.8 Å². The van der Waals surface area contributed by atoms with Crippen LogP contribution < -0.4 is 0 Å². The van der Waals surface area contributed by atoms with Crippen molar-refractivity contribution in [3.63, 3.8) is 0 Å². The van der Waals surface area contributed by atoms with Crippen molar-refractivity contribution < 1.29 is 4.42 Å². The molecule has 0 aliphatic rings. The Morgan fingerprint density at radius 1 is 1.70 bits per heavy atom. The van der Waals surface area contributed by atoms with Gasteiger partial charge in [0.25, 0.3) is 4.84 Å². The number of hydrogen-bond acceptors (Lipinski definition) is 2. The molecule has 0 spiro atoms. The minimum atomic E-state index is 0.508. The van der Waals surface area contributed by atoms with Crippen LogP contribution in [0.5, 0.6) is 0 Å². The first-order valence-electron chi connectivity index (χ1n) is 3.03. The van der Waals surface area contributed by atoms with Crippen LogP contribution in [-0.2, 0) is 7.05 Å². The largest absolute Gasteiger partial charge is 0.437 e. The maximum Gasteiger partial charge on any atom is 0.268 e. The molecule has 0 aliphatic heterocycles. The van der Waals surface area contributed by atoms with Gasteiger partial charge in [0.15, 0.2) is 0 Å². The second kappa shape index (κ2) is 2.84. The van der Waals surface area contributed by atoms with Gasteiger partial charge in [-0.05, 0) is 25.2 Å². The van der Waals surface area contributed by atoms with Crippen LogP contribution in [0, 0.1) is 4.84 Å². The van der Waals surface area contributed by atoms with E-state index in [2.05, 4.69) is 0 Å². The lowest BCUT2D eigenvalue weighted by Gasteiger charge is -1.89. The van der Waals surface area contributed by atoms with Gasteiger partial charge in [-0.1, -0.05) is 6.08 Å². The molecular formula is C7H9NOS. The van der Waals surface area contributed by atoms with E-state index >= 15 is 0 Å². The summed E-state index contributed by atoms with van der Waals surface area (Å²) in [5, 5.41) is 0. The van der Waals surface area contributed by atoms with Crippen molar-refractivity contribution in [3.05, 3.63) is 22.9 Å². The molecule has 1 rings (SSSR count). The molecule has 54 valence electrons. The highest BCUT2D eigenvalue weighted by Crippen LogP contribution is 2.03. The maximum atomic E-state index is 4.97. The fourth-order valence-corrected chi connectivity index (χ4v) is 0.850. The summed E-state index contributed by atoms with van der Waals surface area (Å²) in [7, 11) is 1.88. The summed E-state index contributed by atoms with van der Waals surface area (Å²) in [5.74, 6) is 0. The first kappa shape index (κ1) is 7.28. The van der Waals surface area contributed by atoms with Gasteiger partial charge in [-0.2, -0.15) is 0 Å². The SMILES string of the molecule is C/C=C\c1coc(=S)n1C. The van der Waals surface area contributed by atoms with Crippen LogP contribution in [-0.4, -0.2) is 4.57 Å². The van der Waals surface area contributed by atoms with Crippen LogP contribution in [0.3, 0.4) is 0 Å². The van der Waals surface area contributed by atoms with Crippen LogP contribution in [0.4, 0.5) is 0 Å². The summed E-state index contributed by atoms with van der Waals surface area (Å²) >= 11 is 4.85. The Morgan fingerprint density at radius 2 is 2.40 bits per heavy atom. The van der Waals surface area contributed by atoms with Crippen LogP contribution in [0.15, 0.2) is 16.8 Å². The molecule has 2 nitrogen and oxygen atoms in total. The number of allylic oxidation sites excluding steroid dienone is 1. The minimum absolute atomic E-state index is 0.508. The van der Waals surface area contributed by atoms with Gasteiger partial charge in [0.1, 0.15) is 6.26 Å². The Hall–Kier alpha value is -0.830. The van der Waals surface area contributed by atoms with Crippen LogP contribution in [0.1, 0.15) is 12.6 Å². The molecule has 0 N–H and O–H groups in total. The monoisotopic (exact) mass is 155 g/mol. The molecule has 3 heteroatoms. The lowest BCUT2D eigenvalue weighted by atomic mass is 10.4. The van der Waals surface area contributed by atoms with E-state index in [-0.39, 0.29) is 0 Å². The molecule has 0 unspecified atom stereocenters. The molecule has 0 radical (unpaired) electrons. The predicted molar refractivity (Wildman–Crippen MR) is 43.2 cm³/mol. The molecular weight excluding hydrogens is 146 g/mol. The molecule has 0 fully saturated rings. The van der Waals surface area contributed by atoms with Gasteiger partial charge < -0.3 is 8.98 Å². The average Bonchev–Trinajstić information content (AvgIpc) is 2.20. The number of oxazole rings is 1. The van der Waals surface area contributed by atoms with Crippen LogP contribution >= 0.6 is 12.2 Å². The average molecular weight is 155 g/mol. The van der Waals surface area contributed by atoms with Crippen molar-refractivity contribution in [2.24, 2.45) is 7.05 Å². The topological polar surface area (TPSA) is 18.1 Å². The lowest BCUT2D eigenvalue weighted by Crippen LogP contribution is -1.88. The van der Waals surface area contributed by atoms with Crippen LogP contribution in [0.2, 0.25) is 0 Å². The molecule has 0 aliphatic carbocycles. The molecule has 1 aromatic heterocycles. The Bertz CT molecular complexity index is 295. The Morgan fingerprint density at radius 3 is 2.80 bits per heavy atom. The van der Waals surface area contributed by atoms with Crippen molar-refractivity contribution >= 4 is 18.3 Å². The second-order valence-electron chi connectivity index (χ2n) is 1.99. The van der Waals surface area contributed by atoms with Gasteiger partial charge >= 0.3 is 0 Å². The molecule has 1 aromatic rings. The quantitative estimate of drug-likeness (QED) is 0.579. The van der Waals surface area contributed by atoms with E-state index in [1.54, 1.807) is 6.26 Å². The summed E-state index contributed by atoms with van der Waals surface area (Å²) in [6, 6.07) is 0. The highest BCUT2D eigenvalue weighted by Gasteiger charge is 1.94. The zero-order valence-corrected chi connectivity index (χ0v) is 6.81. The molecule has 0 saturated carbocycles. The van der Waals surface area contributed by atoms with Gasteiger partial charge in [-0.25, -0.2) is 0 Å². The van der Waals surface area contributed by atoms with E-state index in [9.17, 15) is 0 Å². The highest BCUT2D eigenvalue weighted by molar-refractivity contribution is 7.71. The predicted octanol–water partition coefficient (Wildman–Crippen LogP) is 2.38. The third kappa shape index (κ3) is 1.19. The van der Waals surface area contributed by atoms with E-state index in [1.165, 1.54) is 0 Å². The summed E-state index contributed by atoms with van der Waals surface area (Å²) in [5.41, 5.74) is 0.993. The van der Waals surface area contributed by atoms with Gasteiger partial charge in [0.2, 0.25) is 0 Å². The highest BCUT2D eigenvalue weighted by atomic mass is 32.1. The minimum Gasteiger partial charge on any atom is -0.437 e. The van der Waals surface area contributed by atoms with E-state index in [4.69, 9.17) is 16.6 Å².